The number of likely N-dealkylation sites (tertiary alicyclic amines) is 1. The van der Waals surface area contributed by atoms with E-state index in [1.165, 1.54) is 0 Å². The first-order valence-corrected chi connectivity index (χ1v) is 5.79. The van der Waals surface area contributed by atoms with Gasteiger partial charge in [0.05, 0.1) is 0 Å². The van der Waals surface area contributed by atoms with Crippen LogP contribution < -0.4 is 0 Å². The summed E-state index contributed by atoms with van der Waals surface area (Å²) >= 11 is 0. The molecule has 2 rings (SSSR count). The molecule has 2 fully saturated rings. The summed E-state index contributed by atoms with van der Waals surface area (Å²) in [4.78, 5) is 15.7. The molecule has 1 aliphatic carbocycles. The van der Waals surface area contributed by atoms with E-state index in [1.807, 2.05) is 7.05 Å². The predicted molar refractivity (Wildman–Crippen MR) is 57.8 cm³/mol. The molecule has 1 aliphatic heterocycles. The third kappa shape index (κ3) is 2.84. The van der Waals surface area contributed by atoms with Crippen molar-refractivity contribution in [1.82, 2.24) is 9.80 Å². The molecule has 2 aliphatic rings. The minimum atomic E-state index is -0.132. The van der Waals surface area contributed by atoms with Gasteiger partial charge in [0, 0.05) is 13.1 Å². The molecule has 0 N–H and O–H groups in total. The number of hydrogen-bond acceptors (Lipinski definition) is 3. The number of ether oxygens (including phenoxy) is 1. The third-order valence-electron chi connectivity index (χ3n) is 3.32. The minimum Gasteiger partial charge on any atom is -0.446 e. The van der Waals surface area contributed by atoms with Crippen molar-refractivity contribution in [3.8, 4) is 0 Å². The van der Waals surface area contributed by atoms with E-state index >= 15 is 0 Å². The fraction of sp³-hybridized carbons (Fsp3) is 0.909. The van der Waals surface area contributed by atoms with Crippen LogP contribution in [0.1, 0.15) is 25.7 Å². The van der Waals surface area contributed by atoms with Crippen LogP contribution in [-0.2, 0) is 4.74 Å². The van der Waals surface area contributed by atoms with Crippen LogP contribution in [0.3, 0.4) is 0 Å². The molecule has 0 unspecified atom stereocenters. The molecule has 1 saturated carbocycles. The second-order valence-corrected chi connectivity index (χ2v) is 4.73. The van der Waals surface area contributed by atoms with Gasteiger partial charge in [-0.25, -0.2) is 4.79 Å². The molecule has 1 saturated heterocycles. The summed E-state index contributed by atoms with van der Waals surface area (Å²) in [6.45, 7) is 2.15. The molecule has 1 amide bonds. The van der Waals surface area contributed by atoms with Crippen LogP contribution in [0.2, 0.25) is 0 Å². The van der Waals surface area contributed by atoms with E-state index in [0.717, 1.165) is 38.8 Å². The summed E-state index contributed by atoms with van der Waals surface area (Å²) in [5.41, 5.74) is 0. The fourth-order valence-electron chi connectivity index (χ4n) is 1.94. The molecule has 86 valence electrons. The lowest BCUT2D eigenvalue weighted by Crippen LogP contribution is -2.44. The number of nitrogens with zero attached hydrogens (tertiary/aromatic N) is 2. The molecule has 4 nitrogen and oxygen atoms in total. The van der Waals surface area contributed by atoms with Gasteiger partial charge >= 0.3 is 6.09 Å². The highest BCUT2D eigenvalue weighted by Crippen LogP contribution is 2.25. The van der Waals surface area contributed by atoms with Gasteiger partial charge in [-0.15, -0.1) is 0 Å². The molecule has 15 heavy (non-hydrogen) atoms. The Balaban J connectivity index is 1.78. The van der Waals surface area contributed by atoms with Gasteiger partial charge in [-0.05, 0) is 45.8 Å². The van der Waals surface area contributed by atoms with Crippen LogP contribution in [0.15, 0.2) is 0 Å². The van der Waals surface area contributed by atoms with Crippen LogP contribution in [-0.4, -0.2) is 55.2 Å². The molecule has 4 heteroatoms. The van der Waals surface area contributed by atoms with E-state index < -0.39 is 0 Å². The van der Waals surface area contributed by atoms with Gasteiger partial charge in [-0.2, -0.15) is 0 Å². The van der Waals surface area contributed by atoms with Gasteiger partial charge in [0.2, 0.25) is 0 Å². The summed E-state index contributed by atoms with van der Waals surface area (Å²) < 4.78 is 5.28. The number of carbonyl (C=O) groups is 1. The zero-order valence-corrected chi connectivity index (χ0v) is 9.61. The van der Waals surface area contributed by atoms with Crippen molar-refractivity contribution in [3.63, 3.8) is 0 Å². The maximum absolute atomic E-state index is 11.7. The Morgan fingerprint density at radius 1 is 1.27 bits per heavy atom. The maximum atomic E-state index is 11.7. The van der Waals surface area contributed by atoms with Crippen molar-refractivity contribution in [3.05, 3.63) is 0 Å². The molecule has 0 bridgehead atoms. The number of carbonyl (C=O) groups excluding carboxylic acids is 1. The topological polar surface area (TPSA) is 32.8 Å². The molecule has 0 aromatic heterocycles. The summed E-state index contributed by atoms with van der Waals surface area (Å²) in [5.74, 6) is 0. The van der Waals surface area contributed by atoms with Crippen molar-refractivity contribution in [1.29, 1.82) is 0 Å². The smallest absolute Gasteiger partial charge is 0.410 e. The Morgan fingerprint density at radius 3 is 2.40 bits per heavy atom. The van der Waals surface area contributed by atoms with Gasteiger partial charge < -0.3 is 14.5 Å². The van der Waals surface area contributed by atoms with E-state index in [1.54, 1.807) is 4.90 Å². The first kappa shape index (κ1) is 10.7. The van der Waals surface area contributed by atoms with Crippen LogP contribution in [0.4, 0.5) is 4.79 Å². The number of hydrogen-bond donors (Lipinski definition) is 0. The highest BCUT2D eigenvalue weighted by Gasteiger charge is 2.30. The van der Waals surface area contributed by atoms with Crippen LogP contribution in [0, 0.1) is 0 Å². The molecule has 0 aromatic rings. The highest BCUT2D eigenvalue weighted by atomic mass is 16.6. The Morgan fingerprint density at radius 2 is 1.87 bits per heavy atom. The number of piperidine rings is 1. The van der Waals surface area contributed by atoms with Crippen molar-refractivity contribution >= 4 is 6.09 Å². The van der Waals surface area contributed by atoms with Crippen molar-refractivity contribution in [2.24, 2.45) is 0 Å². The quantitative estimate of drug-likeness (QED) is 0.692. The van der Waals surface area contributed by atoms with Crippen LogP contribution >= 0.6 is 0 Å². The van der Waals surface area contributed by atoms with E-state index in [-0.39, 0.29) is 12.2 Å². The van der Waals surface area contributed by atoms with E-state index in [2.05, 4.69) is 11.9 Å². The lowest BCUT2D eigenvalue weighted by atomic mass is 10.0. The molecular formula is C11H20N2O2. The summed E-state index contributed by atoms with van der Waals surface area (Å²) in [5, 5.41) is 0. The van der Waals surface area contributed by atoms with Crippen molar-refractivity contribution in [2.45, 2.75) is 37.8 Å². The van der Waals surface area contributed by atoms with Gasteiger partial charge in [0.1, 0.15) is 6.10 Å². The Labute approximate surface area is 91.2 Å². The van der Waals surface area contributed by atoms with E-state index in [9.17, 15) is 4.79 Å². The highest BCUT2D eigenvalue weighted by molar-refractivity contribution is 5.68. The molecule has 0 spiro atoms. The third-order valence-corrected chi connectivity index (χ3v) is 3.32. The van der Waals surface area contributed by atoms with Crippen LogP contribution in [0.5, 0.6) is 0 Å². The summed E-state index contributed by atoms with van der Waals surface area (Å²) in [6, 6.07) is 0.368. The summed E-state index contributed by atoms with van der Waals surface area (Å²) in [6.07, 6.45) is 4.30. The number of amides is 1. The summed E-state index contributed by atoms with van der Waals surface area (Å²) in [7, 11) is 3.99. The number of rotatable bonds is 2. The average Bonchev–Trinajstić information content (AvgIpc) is 3.02. The van der Waals surface area contributed by atoms with Gasteiger partial charge in [0.25, 0.3) is 0 Å². The van der Waals surface area contributed by atoms with E-state index in [0.29, 0.717) is 6.04 Å². The van der Waals surface area contributed by atoms with Gasteiger partial charge in [0.15, 0.2) is 0 Å². The molecular weight excluding hydrogens is 192 g/mol. The van der Waals surface area contributed by atoms with E-state index in [4.69, 9.17) is 4.74 Å². The van der Waals surface area contributed by atoms with Crippen molar-refractivity contribution < 1.29 is 9.53 Å². The monoisotopic (exact) mass is 212 g/mol. The Bertz CT molecular complexity index is 233. The standard InChI is InChI=1S/C11H20N2O2/c1-12-7-5-9(6-8-12)13(2)11(14)15-10-3-4-10/h9-10H,3-8H2,1-2H3. The zero-order valence-electron chi connectivity index (χ0n) is 9.61. The average molecular weight is 212 g/mol. The predicted octanol–water partition coefficient (Wildman–Crippen LogP) is 1.31. The van der Waals surface area contributed by atoms with Gasteiger partial charge in [-0.3, -0.25) is 0 Å². The zero-order chi connectivity index (χ0) is 10.8. The molecule has 1 heterocycles. The molecule has 0 aromatic carbocycles. The lowest BCUT2D eigenvalue weighted by molar-refractivity contribution is 0.0757. The van der Waals surface area contributed by atoms with Crippen LogP contribution in [0.25, 0.3) is 0 Å². The first-order chi connectivity index (χ1) is 7.16. The van der Waals surface area contributed by atoms with Gasteiger partial charge in [-0.1, -0.05) is 0 Å². The minimum absolute atomic E-state index is 0.132. The SMILES string of the molecule is CN1CCC(N(C)C(=O)OC2CC2)CC1. The largest absolute Gasteiger partial charge is 0.446 e. The Hall–Kier alpha value is -0.770. The second-order valence-electron chi connectivity index (χ2n) is 4.73. The normalized spacial score (nSPS) is 23.9. The molecule has 0 radical (unpaired) electrons. The fourth-order valence-corrected chi connectivity index (χ4v) is 1.94. The lowest BCUT2D eigenvalue weighted by Gasteiger charge is -2.34. The second kappa shape index (κ2) is 4.39. The van der Waals surface area contributed by atoms with Crippen molar-refractivity contribution in [2.75, 3.05) is 27.2 Å². The Kier molecular flexibility index (Phi) is 3.14. The maximum Gasteiger partial charge on any atom is 0.410 e. The first-order valence-electron chi connectivity index (χ1n) is 5.79. The molecule has 0 atom stereocenters.